The molecular weight excluding hydrogens is 424 g/mol. The van der Waals surface area contributed by atoms with E-state index >= 15 is 0 Å². The fourth-order valence-corrected chi connectivity index (χ4v) is 2.62. The van der Waals surface area contributed by atoms with Crippen molar-refractivity contribution < 1.29 is 23.8 Å². The number of pyridine rings is 1. The summed E-state index contributed by atoms with van der Waals surface area (Å²) in [7, 11) is 0. The number of carbonyl (C=O) groups is 1. The zero-order valence-electron chi connectivity index (χ0n) is 18.3. The number of para-hydroxylation sites is 1. The van der Waals surface area contributed by atoms with Crippen molar-refractivity contribution >= 4 is 11.7 Å². The molecule has 3 aromatic rings. The Kier molecular flexibility index (Phi) is 8.90. The van der Waals surface area contributed by atoms with Crippen molar-refractivity contribution in [3.63, 3.8) is 0 Å². The Bertz CT molecular complexity index is 1020. The van der Waals surface area contributed by atoms with Gasteiger partial charge in [0.15, 0.2) is 12.4 Å². The van der Waals surface area contributed by atoms with Crippen LogP contribution < -0.4 is 25.3 Å². The van der Waals surface area contributed by atoms with Crippen molar-refractivity contribution in [1.29, 1.82) is 0 Å². The van der Waals surface area contributed by atoms with E-state index in [4.69, 9.17) is 24.8 Å². The van der Waals surface area contributed by atoms with Gasteiger partial charge in [-0.15, -0.1) is 0 Å². The lowest BCUT2D eigenvalue weighted by Crippen LogP contribution is -2.31. The number of nitrogens with one attached hydrogen (secondary N) is 1. The second kappa shape index (κ2) is 12.6. The molecule has 0 aliphatic rings. The van der Waals surface area contributed by atoms with Gasteiger partial charge < -0.3 is 30.1 Å². The van der Waals surface area contributed by atoms with Crippen molar-refractivity contribution in [3.05, 3.63) is 78.5 Å². The van der Waals surface area contributed by atoms with Gasteiger partial charge in [0.1, 0.15) is 23.9 Å². The standard InChI is InChI=1S/C24H26N4O5/c1-2-30-19-9-11-20(12-10-19)31-15-14-26-22(29)17-32-28-24(25)18-8-13-23(27-16-18)33-21-6-4-3-5-7-21/h3-13,16H,2,14-15,17H2,1H3,(H2,25,28)(H,26,29). The number of nitrogens with two attached hydrogens (primary N) is 1. The topological polar surface area (TPSA) is 117 Å². The van der Waals surface area contributed by atoms with Gasteiger partial charge in [-0.3, -0.25) is 4.79 Å². The van der Waals surface area contributed by atoms with E-state index in [0.29, 0.717) is 42.7 Å². The average Bonchev–Trinajstić information content (AvgIpc) is 2.84. The lowest BCUT2D eigenvalue weighted by molar-refractivity contribution is -0.125. The zero-order chi connectivity index (χ0) is 23.3. The summed E-state index contributed by atoms with van der Waals surface area (Å²) in [6, 6.07) is 19.9. The van der Waals surface area contributed by atoms with Crippen LogP contribution in [0.15, 0.2) is 78.1 Å². The molecule has 9 nitrogen and oxygen atoms in total. The van der Waals surface area contributed by atoms with Gasteiger partial charge in [-0.05, 0) is 49.4 Å². The fraction of sp³-hybridized carbons (Fsp3) is 0.208. The summed E-state index contributed by atoms with van der Waals surface area (Å²) in [6.07, 6.45) is 1.51. The third-order valence-electron chi connectivity index (χ3n) is 4.18. The molecule has 0 spiro atoms. The molecule has 0 fully saturated rings. The fourth-order valence-electron chi connectivity index (χ4n) is 2.62. The summed E-state index contributed by atoms with van der Waals surface area (Å²) in [5.41, 5.74) is 6.42. The van der Waals surface area contributed by atoms with E-state index in [0.717, 1.165) is 5.75 Å². The number of oxime groups is 1. The molecule has 1 heterocycles. The van der Waals surface area contributed by atoms with Crippen molar-refractivity contribution in [2.75, 3.05) is 26.4 Å². The molecule has 0 bridgehead atoms. The molecule has 9 heteroatoms. The quantitative estimate of drug-likeness (QED) is 0.188. The molecule has 1 amide bonds. The summed E-state index contributed by atoms with van der Waals surface area (Å²) in [5.74, 6) is 2.33. The van der Waals surface area contributed by atoms with Crippen molar-refractivity contribution in [1.82, 2.24) is 10.3 Å². The van der Waals surface area contributed by atoms with Crippen LogP contribution in [0.1, 0.15) is 12.5 Å². The van der Waals surface area contributed by atoms with Crippen LogP contribution in [0.25, 0.3) is 0 Å². The molecule has 0 aliphatic carbocycles. The van der Waals surface area contributed by atoms with Gasteiger partial charge in [0.05, 0.1) is 13.2 Å². The number of nitrogens with zero attached hydrogens (tertiary/aromatic N) is 2. The molecule has 0 saturated heterocycles. The monoisotopic (exact) mass is 450 g/mol. The van der Waals surface area contributed by atoms with Crippen molar-refractivity contribution in [3.8, 4) is 23.1 Å². The highest BCUT2D eigenvalue weighted by molar-refractivity contribution is 5.96. The molecule has 172 valence electrons. The Hall–Kier alpha value is -4.27. The van der Waals surface area contributed by atoms with Crippen LogP contribution in [0.5, 0.6) is 23.1 Å². The third-order valence-corrected chi connectivity index (χ3v) is 4.18. The highest BCUT2D eigenvalue weighted by Crippen LogP contribution is 2.19. The molecule has 0 aliphatic heterocycles. The maximum Gasteiger partial charge on any atom is 0.260 e. The summed E-state index contributed by atoms with van der Waals surface area (Å²) in [5, 5.41) is 6.43. The Morgan fingerprint density at radius 2 is 1.70 bits per heavy atom. The number of hydrogen-bond acceptors (Lipinski definition) is 7. The smallest absolute Gasteiger partial charge is 0.260 e. The van der Waals surface area contributed by atoms with Crippen LogP contribution in [-0.2, 0) is 9.63 Å². The third kappa shape index (κ3) is 8.06. The molecule has 0 atom stereocenters. The van der Waals surface area contributed by atoms with Crippen molar-refractivity contribution in [2.45, 2.75) is 6.92 Å². The van der Waals surface area contributed by atoms with E-state index in [1.54, 1.807) is 12.1 Å². The lowest BCUT2D eigenvalue weighted by Gasteiger charge is -2.09. The molecule has 3 N–H and O–H groups in total. The number of amidine groups is 1. The van der Waals surface area contributed by atoms with Gasteiger partial charge in [0.25, 0.3) is 5.91 Å². The van der Waals surface area contributed by atoms with E-state index in [-0.39, 0.29) is 18.3 Å². The summed E-state index contributed by atoms with van der Waals surface area (Å²) in [6.45, 7) is 2.90. The van der Waals surface area contributed by atoms with Crippen LogP contribution in [0.3, 0.4) is 0 Å². The number of rotatable bonds is 12. The lowest BCUT2D eigenvalue weighted by atomic mass is 10.3. The van der Waals surface area contributed by atoms with Crippen LogP contribution >= 0.6 is 0 Å². The summed E-state index contributed by atoms with van der Waals surface area (Å²) in [4.78, 5) is 21.1. The SMILES string of the molecule is CCOc1ccc(OCCNC(=O)CO/N=C(/N)c2ccc(Oc3ccccc3)nc2)cc1. The van der Waals surface area contributed by atoms with E-state index in [9.17, 15) is 4.79 Å². The van der Waals surface area contributed by atoms with Gasteiger partial charge in [-0.25, -0.2) is 4.98 Å². The van der Waals surface area contributed by atoms with Crippen LogP contribution in [-0.4, -0.2) is 43.1 Å². The van der Waals surface area contributed by atoms with E-state index in [1.165, 1.54) is 6.20 Å². The largest absolute Gasteiger partial charge is 0.494 e. The van der Waals surface area contributed by atoms with E-state index < -0.39 is 0 Å². The first-order valence-corrected chi connectivity index (χ1v) is 10.4. The van der Waals surface area contributed by atoms with Gasteiger partial charge >= 0.3 is 0 Å². The molecule has 2 aromatic carbocycles. The van der Waals surface area contributed by atoms with Crippen LogP contribution in [0.4, 0.5) is 0 Å². The van der Waals surface area contributed by atoms with E-state index in [1.807, 2.05) is 61.5 Å². The Morgan fingerprint density at radius 3 is 2.36 bits per heavy atom. The number of aromatic nitrogens is 1. The second-order valence-electron chi connectivity index (χ2n) is 6.65. The Balaban J connectivity index is 1.34. The first-order valence-electron chi connectivity index (χ1n) is 10.4. The Morgan fingerprint density at radius 1 is 0.970 bits per heavy atom. The van der Waals surface area contributed by atoms with Crippen molar-refractivity contribution in [2.24, 2.45) is 10.9 Å². The molecule has 1 aromatic heterocycles. The maximum atomic E-state index is 11.9. The molecule has 0 unspecified atom stereocenters. The number of amides is 1. The highest BCUT2D eigenvalue weighted by Gasteiger charge is 2.05. The average molecular weight is 450 g/mol. The number of benzene rings is 2. The van der Waals surface area contributed by atoms with E-state index in [2.05, 4.69) is 15.5 Å². The molecule has 3 rings (SSSR count). The van der Waals surface area contributed by atoms with Gasteiger partial charge in [-0.1, -0.05) is 23.4 Å². The maximum absolute atomic E-state index is 11.9. The van der Waals surface area contributed by atoms with Crippen LogP contribution in [0, 0.1) is 0 Å². The normalized spacial score (nSPS) is 10.9. The number of carbonyl (C=O) groups excluding carboxylic acids is 1. The molecule has 0 radical (unpaired) electrons. The predicted octanol–water partition coefficient (Wildman–Crippen LogP) is 3.10. The summed E-state index contributed by atoms with van der Waals surface area (Å²) < 4.78 is 16.6. The summed E-state index contributed by atoms with van der Waals surface area (Å²) >= 11 is 0. The number of hydrogen-bond donors (Lipinski definition) is 2. The van der Waals surface area contributed by atoms with Gasteiger partial charge in [0.2, 0.25) is 5.88 Å². The minimum atomic E-state index is -0.341. The minimum Gasteiger partial charge on any atom is -0.494 e. The molecule has 33 heavy (non-hydrogen) atoms. The molecular formula is C24H26N4O5. The first kappa shape index (κ1) is 23.4. The second-order valence-corrected chi connectivity index (χ2v) is 6.65. The van der Waals surface area contributed by atoms with Gasteiger partial charge in [0, 0.05) is 17.8 Å². The first-order chi connectivity index (χ1) is 16.1. The van der Waals surface area contributed by atoms with Crippen LogP contribution in [0.2, 0.25) is 0 Å². The number of ether oxygens (including phenoxy) is 3. The van der Waals surface area contributed by atoms with Gasteiger partial charge in [-0.2, -0.15) is 0 Å². The Labute approximate surface area is 192 Å². The highest BCUT2D eigenvalue weighted by atomic mass is 16.6. The minimum absolute atomic E-state index is 0.0976. The molecule has 0 saturated carbocycles. The predicted molar refractivity (Wildman–Crippen MR) is 124 cm³/mol. The zero-order valence-corrected chi connectivity index (χ0v) is 18.3.